The summed E-state index contributed by atoms with van der Waals surface area (Å²) in [5, 5.41) is 42.7. The van der Waals surface area contributed by atoms with Crippen molar-refractivity contribution in [2.45, 2.75) is 356 Å². The monoisotopic (exact) mass is 931 g/mol. The van der Waals surface area contributed by atoms with E-state index < -0.39 is 0 Å². The van der Waals surface area contributed by atoms with Gasteiger partial charge in [-0.3, -0.25) is 0 Å². The summed E-state index contributed by atoms with van der Waals surface area (Å²) in [6.45, 7) is 13.1. The first-order valence-electron chi connectivity index (χ1n) is 30.1. The number of unbranched alkanes of at least 4 members (excludes halogenated alkanes) is 45. The fourth-order valence-corrected chi connectivity index (χ4v) is 8.00. The molecular weight excluding hydrogens is 801 g/mol. The van der Waals surface area contributed by atoms with Crippen LogP contribution in [0.2, 0.25) is 0 Å². The highest BCUT2D eigenvalue weighted by Crippen LogP contribution is 2.14. The molecule has 0 fully saturated rings. The van der Waals surface area contributed by atoms with Gasteiger partial charge in [-0.2, -0.15) is 0 Å². The van der Waals surface area contributed by atoms with Crippen LogP contribution < -0.4 is 0 Å². The van der Waals surface area contributed by atoms with Crippen LogP contribution in [0.25, 0.3) is 0 Å². The molecule has 0 saturated heterocycles. The van der Waals surface area contributed by atoms with Crippen LogP contribution in [0.5, 0.6) is 0 Å². The Kier molecular flexibility index (Phi) is 95.1. The van der Waals surface area contributed by atoms with E-state index in [1.807, 2.05) is 0 Å². The number of aliphatic hydroxyl groups is 5. The van der Waals surface area contributed by atoms with Gasteiger partial charge in [0.05, 0.1) is 0 Å². The van der Waals surface area contributed by atoms with Gasteiger partial charge in [-0.05, 0) is 32.1 Å². The largest absolute Gasteiger partial charge is 0.396 e. The molecular formula is C60H130O5. The van der Waals surface area contributed by atoms with Crippen molar-refractivity contribution in [3.8, 4) is 0 Å². The van der Waals surface area contributed by atoms with Crippen LogP contribution in [0.15, 0.2) is 0 Å². The molecule has 0 unspecified atom stereocenters. The summed E-state index contributed by atoms with van der Waals surface area (Å²) in [6.07, 6.45) is 66.6. The Morgan fingerprint density at radius 3 is 0.277 bits per heavy atom. The van der Waals surface area contributed by atoms with E-state index in [9.17, 15) is 0 Å². The minimum atomic E-state index is 0.367. The molecule has 0 heterocycles. The number of hydrogen-bond donors (Lipinski definition) is 5. The zero-order valence-corrected chi connectivity index (χ0v) is 46.1. The zero-order valence-electron chi connectivity index (χ0n) is 46.1. The van der Waals surface area contributed by atoms with Crippen LogP contribution in [0.1, 0.15) is 356 Å². The smallest absolute Gasteiger partial charge is 0.0431 e. The molecule has 0 atom stereocenters. The Morgan fingerprint density at radius 2 is 0.200 bits per heavy atom. The molecule has 0 spiro atoms. The Hall–Kier alpha value is -0.200. The van der Waals surface area contributed by atoms with Gasteiger partial charge in [-0.25, -0.2) is 0 Å². The standard InChI is InChI=1S/C16H34O.C14H30O.C12H26O.C10H22O.C8H18O/c1-2-3-4-5-6-7-8-9-10-11-12-13-14-15-16-17;1-2-3-4-5-6-7-8-9-10-11-12-13-14-15;1-2-3-4-5-6-7-8-9-10-11-12-13;1-2-3-4-5-6-7-8-9-10-11;1-2-3-4-5-6-7-8-9/h17H,2-16H2,1H3;15H,2-14H2,1H3;13H,2-12H2,1H3;11H,2-10H2,1H3;9H,2-8H2,1H3. The summed E-state index contributed by atoms with van der Waals surface area (Å²) in [5.74, 6) is 0. The van der Waals surface area contributed by atoms with Gasteiger partial charge in [-0.15, -0.1) is 0 Å². The highest BCUT2D eigenvalue weighted by atomic mass is 16.3. The minimum absolute atomic E-state index is 0.367. The second-order valence-corrected chi connectivity index (χ2v) is 19.5. The molecule has 400 valence electrons. The van der Waals surface area contributed by atoms with E-state index in [1.165, 1.54) is 289 Å². The fourth-order valence-electron chi connectivity index (χ4n) is 8.00. The lowest BCUT2D eigenvalue weighted by Gasteiger charge is -2.02. The van der Waals surface area contributed by atoms with Gasteiger partial charge in [0, 0.05) is 33.0 Å². The molecule has 0 aromatic rings. The summed E-state index contributed by atoms with van der Waals surface area (Å²) < 4.78 is 0. The topological polar surface area (TPSA) is 101 Å². The lowest BCUT2D eigenvalue weighted by atomic mass is 10.0. The number of hydrogen-bond acceptors (Lipinski definition) is 5. The molecule has 5 N–H and O–H groups in total. The average molecular weight is 932 g/mol. The van der Waals surface area contributed by atoms with Crippen molar-refractivity contribution in [1.82, 2.24) is 0 Å². The van der Waals surface area contributed by atoms with E-state index in [0.717, 1.165) is 32.1 Å². The third-order valence-corrected chi connectivity index (χ3v) is 12.6. The molecule has 0 saturated carbocycles. The van der Waals surface area contributed by atoms with Gasteiger partial charge < -0.3 is 25.5 Å². The van der Waals surface area contributed by atoms with Crippen LogP contribution in [-0.4, -0.2) is 58.6 Å². The molecule has 0 amide bonds. The van der Waals surface area contributed by atoms with Crippen molar-refractivity contribution in [2.24, 2.45) is 0 Å². The van der Waals surface area contributed by atoms with Crippen molar-refractivity contribution in [1.29, 1.82) is 0 Å². The molecule has 0 aromatic heterocycles. The molecule has 0 aliphatic heterocycles. The molecule has 0 aliphatic carbocycles. The first-order chi connectivity index (χ1) is 32.1. The van der Waals surface area contributed by atoms with Crippen LogP contribution in [-0.2, 0) is 0 Å². The van der Waals surface area contributed by atoms with Crippen LogP contribution in [0, 0.1) is 0 Å². The highest BCUT2D eigenvalue weighted by molar-refractivity contribution is 4.51. The molecule has 0 aromatic carbocycles. The highest BCUT2D eigenvalue weighted by Gasteiger charge is 1.96. The van der Waals surface area contributed by atoms with E-state index in [-0.39, 0.29) is 0 Å². The molecule has 0 bridgehead atoms. The summed E-state index contributed by atoms with van der Waals surface area (Å²) >= 11 is 0. The number of aliphatic hydroxyl groups excluding tert-OH is 5. The van der Waals surface area contributed by atoms with E-state index >= 15 is 0 Å². The predicted octanol–water partition coefficient (Wildman–Crippen LogP) is 19.5. The Bertz CT molecular complexity index is 611. The van der Waals surface area contributed by atoms with Gasteiger partial charge in [0.15, 0.2) is 0 Å². The van der Waals surface area contributed by atoms with E-state index in [0.29, 0.717) is 33.0 Å². The summed E-state index contributed by atoms with van der Waals surface area (Å²) in [5.41, 5.74) is 0. The minimum Gasteiger partial charge on any atom is -0.396 e. The second kappa shape index (κ2) is 83.8. The molecule has 0 radical (unpaired) electrons. The lowest BCUT2D eigenvalue weighted by molar-refractivity contribution is 0.282. The second-order valence-electron chi connectivity index (χ2n) is 19.5. The zero-order chi connectivity index (χ0) is 48.9. The first kappa shape index (κ1) is 73.8. The summed E-state index contributed by atoms with van der Waals surface area (Å²) in [7, 11) is 0. The van der Waals surface area contributed by atoms with Gasteiger partial charge in [-0.1, -0.05) is 324 Å². The van der Waals surface area contributed by atoms with Crippen LogP contribution in [0.3, 0.4) is 0 Å². The quantitative estimate of drug-likeness (QED) is 0.0391. The normalized spacial score (nSPS) is 10.6. The summed E-state index contributed by atoms with van der Waals surface area (Å²) in [6, 6.07) is 0. The molecule has 0 aliphatic rings. The van der Waals surface area contributed by atoms with E-state index in [4.69, 9.17) is 25.5 Å². The van der Waals surface area contributed by atoms with Gasteiger partial charge in [0.25, 0.3) is 0 Å². The van der Waals surface area contributed by atoms with Crippen LogP contribution in [0.4, 0.5) is 0 Å². The fraction of sp³-hybridized carbons (Fsp3) is 1.00. The third-order valence-electron chi connectivity index (χ3n) is 12.6. The number of rotatable bonds is 50. The predicted molar refractivity (Wildman–Crippen MR) is 295 cm³/mol. The Morgan fingerprint density at radius 1 is 0.123 bits per heavy atom. The van der Waals surface area contributed by atoms with E-state index in [1.54, 1.807) is 0 Å². The average Bonchev–Trinajstić information content (AvgIpc) is 3.32. The van der Waals surface area contributed by atoms with Crippen molar-refractivity contribution in [2.75, 3.05) is 33.0 Å². The molecule has 5 nitrogen and oxygen atoms in total. The lowest BCUT2D eigenvalue weighted by Crippen LogP contribution is -1.84. The molecule has 0 rings (SSSR count). The van der Waals surface area contributed by atoms with Crippen LogP contribution >= 0.6 is 0 Å². The maximum absolute atomic E-state index is 8.64. The molecule has 65 heavy (non-hydrogen) atoms. The van der Waals surface area contributed by atoms with Crippen molar-refractivity contribution >= 4 is 0 Å². The van der Waals surface area contributed by atoms with E-state index in [2.05, 4.69) is 34.6 Å². The van der Waals surface area contributed by atoms with Gasteiger partial charge >= 0.3 is 0 Å². The Balaban J connectivity index is -0.000000234. The van der Waals surface area contributed by atoms with Crippen molar-refractivity contribution < 1.29 is 25.5 Å². The maximum Gasteiger partial charge on any atom is 0.0431 e. The van der Waals surface area contributed by atoms with Crippen molar-refractivity contribution in [3.05, 3.63) is 0 Å². The third kappa shape index (κ3) is 98.3. The first-order valence-corrected chi connectivity index (χ1v) is 30.1. The summed E-state index contributed by atoms with van der Waals surface area (Å²) in [4.78, 5) is 0. The Labute approximate surface area is 412 Å². The SMILES string of the molecule is CCCCCCCCCCCCCCCCO.CCCCCCCCCCCCCCO.CCCCCCCCCCCCO.CCCCCCCCCCO.CCCCCCCCO. The van der Waals surface area contributed by atoms with Gasteiger partial charge in [0.1, 0.15) is 0 Å². The van der Waals surface area contributed by atoms with Gasteiger partial charge in [0.2, 0.25) is 0 Å². The molecule has 5 heteroatoms. The van der Waals surface area contributed by atoms with Crippen molar-refractivity contribution in [3.63, 3.8) is 0 Å². The maximum atomic E-state index is 8.64.